The molecule has 6 heteroatoms. The number of rotatable bonds is 3. The highest BCUT2D eigenvalue weighted by molar-refractivity contribution is 5.72. The predicted octanol–water partition coefficient (Wildman–Crippen LogP) is 1.61. The van der Waals surface area contributed by atoms with E-state index in [1.807, 2.05) is 0 Å². The maximum absolute atomic E-state index is 12.4. The van der Waals surface area contributed by atoms with Gasteiger partial charge in [0.15, 0.2) is 0 Å². The molecule has 0 radical (unpaired) electrons. The third-order valence-corrected chi connectivity index (χ3v) is 1.82. The molecule has 1 aromatic rings. The number of esters is 1. The Kier molecular flexibility index (Phi) is 3.89. The van der Waals surface area contributed by atoms with Crippen LogP contribution in [0.25, 0.3) is 0 Å². The summed E-state index contributed by atoms with van der Waals surface area (Å²) in [5.74, 6) is -0.560. The Labute approximate surface area is 90.5 Å². The number of hydrogen-bond acceptors (Lipinski definition) is 4. The van der Waals surface area contributed by atoms with Crippen LogP contribution in [0.1, 0.15) is 23.4 Å². The summed E-state index contributed by atoms with van der Waals surface area (Å²) in [4.78, 5) is 14.4. The lowest BCUT2D eigenvalue weighted by Crippen LogP contribution is -2.06. The molecule has 4 nitrogen and oxygen atoms in total. The van der Waals surface area contributed by atoms with Crippen molar-refractivity contribution in [3.8, 4) is 6.07 Å². The van der Waals surface area contributed by atoms with Crippen molar-refractivity contribution in [2.24, 2.45) is 0 Å². The van der Waals surface area contributed by atoms with Gasteiger partial charge in [0, 0.05) is 0 Å². The van der Waals surface area contributed by atoms with Crippen molar-refractivity contribution in [3.05, 3.63) is 29.1 Å². The molecule has 0 amide bonds. The summed E-state index contributed by atoms with van der Waals surface area (Å²) >= 11 is 0. The summed E-state index contributed by atoms with van der Waals surface area (Å²) in [6.07, 6.45) is -2.93. The minimum atomic E-state index is -2.77. The smallest absolute Gasteiger partial charge is 0.309 e. The van der Waals surface area contributed by atoms with Gasteiger partial charge in [0.05, 0.1) is 13.5 Å². The average molecular weight is 226 g/mol. The number of carbonyl (C=O) groups is 1. The van der Waals surface area contributed by atoms with Crippen molar-refractivity contribution >= 4 is 5.97 Å². The zero-order chi connectivity index (χ0) is 12.1. The maximum Gasteiger partial charge on any atom is 0.309 e. The van der Waals surface area contributed by atoms with Crippen LogP contribution in [0.5, 0.6) is 0 Å². The van der Waals surface area contributed by atoms with E-state index in [4.69, 9.17) is 5.26 Å². The fraction of sp³-hybridized carbons (Fsp3) is 0.300. The number of nitrogens with zero attached hydrogens (tertiary/aromatic N) is 2. The Bertz CT molecular complexity index is 441. The first kappa shape index (κ1) is 12.0. The zero-order valence-electron chi connectivity index (χ0n) is 8.41. The molecule has 1 aromatic heterocycles. The summed E-state index contributed by atoms with van der Waals surface area (Å²) in [5, 5.41) is 8.59. The van der Waals surface area contributed by atoms with E-state index in [1.165, 1.54) is 13.2 Å². The molecule has 0 aromatic carbocycles. The first-order chi connectivity index (χ1) is 7.56. The largest absolute Gasteiger partial charge is 0.469 e. The number of alkyl halides is 2. The molecule has 0 saturated carbocycles. The lowest BCUT2D eigenvalue weighted by molar-refractivity contribution is -0.139. The van der Waals surface area contributed by atoms with Crippen LogP contribution in [0.4, 0.5) is 8.78 Å². The molecule has 0 spiro atoms. The number of methoxy groups -OCH3 is 1. The summed E-state index contributed by atoms with van der Waals surface area (Å²) in [7, 11) is 1.20. The molecule has 1 heterocycles. The van der Waals surface area contributed by atoms with Crippen LogP contribution in [-0.2, 0) is 16.0 Å². The van der Waals surface area contributed by atoms with E-state index < -0.39 is 18.1 Å². The van der Waals surface area contributed by atoms with E-state index in [2.05, 4.69) is 9.72 Å². The minimum Gasteiger partial charge on any atom is -0.469 e. The highest BCUT2D eigenvalue weighted by Gasteiger charge is 2.13. The van der Waals surface area contributed by atoms with Gasteiger partial charge in [-0.2, -0.15) is 5.26 Å². The molecule has 0 aliphatic carbocycles. The van der Waals surface area contributed by atoms with Crippen molar-refractivity contribution < 1.29 is 18.3 Å². The van der Waals surface area contributed by atoms with E-state index in [0.717, 1.165) is 6.07 Å². The minimum absolute atomic E-state index is 0.142. The molecule has 1 rings (SSSR count). The number of nitriles is 1. The average Bonchev–Trinajstić information content (AvgIpc) is 2.28. The predicted molar refractivity (Wildman–Crippen MR) is 49.6 cm³/mol. The monoisotopic (exact) mass is 226 g/mol. The summed E-state index contributed by atoms with van der Waals surface area (Å²) in [6, 6.07) is 4.02. The van der Waals surface area contributed by atoms with Gasteiger partial charge in [-0.05, 0) is 17.7 Å². The second-order valence-corrected chi connectivity index (χ2v) is 2.95. The molecule has 0 fully saturated rings. The Morgan fingerprint density at radius 3 is 2.81 bits per heavy atom. The topological polar surface area (TPSA) is 63.0 Å². The van der Waals surface area contributed by atoms with Gasteiger partial charge in [0.25, 0.3) is 6.43 Å². The standard InChI is InChI=1S/C10H8F2N2O2/c1-16-9(15)4-6-2-7(5-13)14-8(3-6)10(11)12/h2-3,10H,4H2,1H3. The van der Waals surface area contributed by atoms with Crippen molar-refractivity contribution in [2.75, 3.05) is 7.11 Å². The van der Waals surface area contributed by atoms with Crippen LogP contribution >= 0.6 is 0 Å². The molecule has 0 unspecified atom stereocenters. The van der Waals surface area contributed by atoms with Crippen LogP contribution in [0.15, 0.2) is 12.1 Å². The SMILES string of the molecule is COC(=O)Cc1cc(C#N)nc(C(F)F)c1. The van der Waals surface area contributed by atoms with Gasteiger partial charge >= 0.3 is 5.97 Å². The third kappa shape index (κ3) is 2.98. The molecule has 0 saturated heterocycles. The normalized spacial score (nSPS) is 9.94. The first-order valence-electron chi connectivity index (χ1n) is 4.32. The number of carbonyl (C=O) groups excluding carboxylic acids is 1. The van der Waals surface area contributed by atoms with E-state index in [9.17, 15) is 13.6 Å². The highest BCUT2D eigenvalue weighted by Crippen LogP contribution is 2.18. The van der Waals surface area contributed by atoms with Gasteiger partial charge in [-0.25, -0.2) is 13.8 Å². The number of halogens is 2. The van der Waals surface area contributed by atoms with Gasteiger partial charge < -0.3 is 4.74 Å². The Balaban J connectivity index is 3.05. The summed E-state index contributed by atoms with van der Waals surface area (Å²) < 4.78 is 29.2. The second-order valence-electron chi connectivity index (χ2n) is 2.95. The lowest BCUT2D eigenvalue weighted by atomic mass is 10.1. The maximum atomic E-state index is 12.4. The fourth-order valence-corrected chi connectivity index (χ4v) is 1.12. The van der Waals surface area contributed by atoms with Crippen molar-refractivity contribution in [3.63, 3.8) is 0 Å². The van der Waals surface area contributed by atoms with Gasteiger partial charge in [0.1, 0.15) is 17.5 Å². The van der Waals surface area contributed by atoms with E-state index in [1.54, 1.807) is 6.07 Å². The molecular formula is C10H8F2N2O2. The summed E-state index contributed by atoms with van der Waals surface area (Å²) in [6.45, 7) is 0. The van der Waals surface area contributed by atoms with Crippen LogP contribution in [-0.4, -0.2) is 18.1 Å². The van der Waals surface area contributed by atoms with Crippen molar-refractivity contribution in [1.29, 1.82) is 5.26 Å². The van der Waals surface area contributed by atoms with Gasteiger partial charge in [-0.3, -0.25) is 4.79 Å². The molecule has 84 valence electrons. The Morgan fingerprint density at radius 1 is 1.62 bits per heavy atom. The van der Waals surface area contributed by atoms with E-state index in [-0.39, 0.29) is 17.7 Å². The van der Waals surface area contributed by atoms with Crippen LogP contribution in [0.2, 0.25) is 0 Å². The third-order valence-electron chi connectivity index (χ3n) is 1.82. The zero-order valence-corrected chi connectivity index (χ0v) is 8.41. The van der Waals surface area contributed by atoms with Crippen LogP contribution < -0.4 is 0 Å². The Morgan fingerprint density at radius 2 is 2.31 bits per heavy atom. The quantitative estimate of drug-likeness (QED) is 0.734. The molecule has 16 heavy (non-hydrogen) atoms. The van der Waals surface area contributed by atoms with Crippen LogP contribution in [0.3, 0.4) is 0 Å². The molecule has 0 bridgehead atoms. The number of hydrogen-bond donors (Lipinski definition) is 0. The van der Waals surface area contributed by atoms with Gasteiger partial charge in [-0.15, -0.1) is 0 Å². The summed E-state index contributed by atoms with van der Waals surface area (Å²) in [5.41, 5.74) is -0.372. The van der Waals surface area contributed by atoms with Crippen molar-refractivity contribution in [1.82, 2.24) is 4.98 Å². The van der Waals surface area contributed by atoms with Crippen LogP contribution in [0, 0.1) is 11.3 Å². The number of aromatic nitrogens is 1. The number of pyridine rings is 1. The lowest BCUT2D eigenvalue weighted by Gasteiger charge is -2.04. The van der Waals surface area contributed by atoms with Gasteiger partial charge in [-0.1, -0.05) is 0 Å². The first-order valence-corrected chi connectivity index (χ1v) is 4.32. The molecule has 0 atom stereocenters. The van der Waals surface area contributed by atoms with Gasteiger partial charge in [0.2, 0.25) is 0 Å². The molecule has 0 aliphatic heterocycles. The Hall–Kier alpha value is -2.03. The molecule has 0 N–H and O–H groups in total. The second kappa shape index (κ2) is 5.16. The highest BCUT2D eigenvalue weighted by atomic mass is 19.3. The number of ether oxygens (including phenoxy) is 1. The fourth-order valence-electron chi connectivity index (χ4n) is 1.12. The van der Waals surface area contributed by atoms with E-state index in [0.29, 0.717) is 0 Å². The van der Waals surface area contributed by atoms with Crippen molar-refractivity contribution in [2.45, 2.75) is 12.8 Å². The molecule has 0 aliphatic rings. The van der Waals surface area contributed by atoms with E-state index >= 15 is 0 Å². The molecular weight excluding hydrogens is 218 g/mol.